The van der Waals surface area contributed by atoms with Gasteiger partial charge in [-0.3, -0.25) is 0 Å². The van der Waals surface area contributed by atoms with Crippen LogP contribution in [0.5, 0.6) is 0 Å². The third-order valence-electron chi connectivity index (χ3n) is 2.47. The highest BCUT2D eigenvalue weighted by atomic mass is 14.0. The van der Waals surface area contributed by atoms with Gasteiger partial charge in [-0.05, 0) is 29.7 Å². The van der Waals surface area contributed by atoms with Crippen molar-refractivity contribution in [2.45, 2.75) is 6.92 Å². The molecule has 0 saturated carbocycles. The molecule has 0 aliphatic rings. The van der Waals surface area contributed by atoms with Crippen molar-refractivity contribution in [1.29, 1.82) is 0 Å². The summed E-state index contributed by atoms with van der Waals surface area (Å²) in [6, 6.07) is 16.9. The Balaban J connectivity index is 2.49. The molecule has 2 rings (SSSR count). The van der Waals surface area contributed by atoms with Gasteiger partial charge in [0.1, 0.15) is 0 Å². The fraction of sp³-hybridized carbons (Fsp3) is 0.0667. The monoisotopic (exact) mass is 194 g/mol. The first kappa shape index (κ1) is 9.72. The van der Waals surface area contributed by atoms with E-state index in [1.807, 2.05) is 6.08 Å². The summed E-state index contributed by atoms with van der Waals surface area (Å²) in [7, 11) is 0. The highest BCUT2D eigenvalue weighted by Gasteiger charge is 1.97. The van der Waals surface area contributed by atoms with Crippen LogP contribution >= 0.6 is 0 Å². The summed E-state index contributed by atoms with van der Waals surface area (Å²) < 4.78 is 0. The molecule has 0 fully saturated rings. The average molecular weight is 194 g/mol. The summed E-state index contributed by atoms with van der Waals surface area (Å²) in [5, 5.41) is 0. The van der Waals surface area contributed by atoms with E-state index >= 15 is 0 Å². The van der Waals surface area contributed by atoms with Crippen molar-refractivity contribution in [3.63, 3.8) is 0 Å². The topological polar surface area (TPSA) is 0 Å². The Labute approximate surface area is 90.9 Å². The molecule has 0 aliphatic heterocycles. The normalized spacial score (nSPS) is 9.93. The molecule has 0 heteroatoms. The lowest BCUT2D eigenvalue weighted by Crippen LogP contribution is -1.80. The molecule has 15 heavy (non-hydrogen) atoms. The van der Waals surface area contributed by atoms with E-state index in [1.165, 1.54) is 16.7 Å². The molecule has 0 radical (unpaired) electrons. The SMILES string of the molecule is C=Cc1cccc(-c2cccc(C)c2)c1. The summed E-state index contributed by atoms with van der Waals surface area (Å²) in [6.45, 7) is 5.90. The molecule has 0 saturated heterocycles. The predicted molar refractivity (Wildman–Crippen MR) is 66.7 cm³/mol. The van der Waals surface area contributed by atoms with E-state index in [1.54, 1.807) is 0 Å². The number of benzene rings is 2. The Morgan fingerprint density at radius 1 is 0.933 bits per heavy atom. The smallest absolute Gasteiger partial charge is 0.0178 e. The molecule has 0 aromatic heterocycles. The van der Waals surface area contributed by atoms with Crippen molar-refractivity contribution >= 4 is 6.08 Å². The maximum absolute atomic E-state index is 3.78. The van der Waals surface area contributed by atoms with Gasteiger partial charge in [-0.1, -0.05) is 60.7 Å². The highest BCUT2D eigenvalue weighted by molar-refractivity contribution is 5.67. The molecule has 0 nitrogen and oxygen atoms in total. The van der Waals surface area contributed by atoms with Gasteiger partial charge >= 0.3 is 0 Å². The van der Waals surface area contributed by atoms with Crippen molar-refractivity contribution < 1.29 is 0 Å². The molecule has 0 bridgehead atoms. The van der Waals surface area contributed by atoms with E-state index < -0.39 is 0 Å². The van der Waals surface area contributed by atoms with Crippen LogP contribution in [-0.2, 0) is 0 Å². The lowest BCUT2D eigenvalue weighted by molar-refractivity contribution is 1.46. The molecule has 0 atom stereocenters. The fourth-order valence-electron chi connectivity index (χ4n) is 1.67. The Morgan fingerprint density at radius 3 is 2.27 bits per heavy atom. The van der Waals surface area contributed by atoms with Gasteiger partial charge < -0.3 is 0 Å². The standard InChI is InChI=1S/C15H14/c1-3-13-7-5-9-15(11-13)14-8-4-6-12(2)10-14/h3-11H,1H2,2H3. The Kier molecular flexibility index (Phi) is 2.68. The van der Waals surface area contributed by atoms with Gasteiger partial charge in [0.2, 0.25) is 0 Å². The van der Waals surface area contributed by atoms with Crippen LogP contribution < -0.4 is 0 Å². The molecule has 0 amide bonds. The Bertz CT molecular complexity index is 481. The molecule has 2 aromatic carbocycles. The molecule has 2 aromatic rings. The van der Waals surface area contributed by atoms with Gasteiger partial charge in [-0.2, -0.15) is 0 Å². The van der Waals surface area contributed by atoms with Crippen LogP contribution in [0.4, 0.5) is 0 Å². The summed E-state index contributed by atoms with van der Waals surface area (Å²) in [4.78, 5) is 0. The zero-order valence-electron chi connectivity index (χ0n) is 8.90. The van der Waals surface area contributed by atoms with E-state index in [0.29, 0.717) is 0 Å². The molecule has 0 spiro atoms. The number of rotatable bonds is 2. The molecular weight excluding hydrogens is 180 g/mol. The van der Waals surface area contributed by atoms with Crippen LogP contribution in [0.1, 0.15) is 11.1 Å². The summed E-state index contributed by atoms with van der Waals surface area (Å²) >= 11 is 0. The molecule has 74 valence electrons. The maximum atomic E-state index is 3.78. The second-order valence-corrected chi connectivity index (χ2v) is 3.70. The van der Waals surface area contributed by atoms with Gasteiger partial charge in [0.15, 0.2) is 0 Å². The highest BCUT2D eigenvalue weighted by Crippen LogP contribution is 2.21. The third-order valence-corrected chi connectivity index (χ3v) is 2.47. The number of hydrogen-bond donors (Lipinski definition) is 0. The Hall–Kier alpha value is -1.82. The fourth-order valence-corrected chi connectivity index (χ4v) is 1.67. The van der Waals surface area contributed by atoms with Crippen LogP contribution in [-0.4, -0.2) is 0 Å². The van der Waals surface area contributed by atoms with Gasteiger partial charge in [-0.25, -0.2) is 0 Å². The van der Waals surface area contributed by atoms with E-state index in [2.05, 4.69) is 62.0 Å². The summed E-state index contributed by atoms with van der Waals surface area (Å²) in [6.07, 6.45) is 1.87. The molecular formula is C15H14. The van der Waals surface area contributed by atoms with Crippen molar-refractivity contribution in [3.8, 4) is 11.1 Å². The minimum absolute atomic E-state index is 1.16. The average Bonchev–Trinajstić information content (AvgIpc) is 2.29. The van der Waals surface area contributed by atoms with Crippen LogP contribution in [0, 0.1) is 6.92 Å². The molecule has 0 N–H and O–H groups in total. The third kappa shape index (κ3) is 2.16. The first-order valence-corrected chi connectivity index (χ1v) is 5.09. The Morgan fingerprint density at radius 2 is 1.60 bits per heavy atom. The van der Waals surface area contributed by atoms with Gasteiger partial charge in [0, 0.05) is 0 Å². The second kappa shape index (κ2) is 4.14. The van der Waals surface area contributed by atoms with Gasteiger partial charge in [0.05, 0.1) is 0 Å². The predicted octanol–water partition coefficient (Wildman–Crippen LogP) is 4.31. The maximum Gasteiger partial charge on any atom is -0.0178 e. The van der Waals surface area contributed by atoms with E-state index in [4.69, 9.17) is 0 Å². The van der Waals surface area contributed by atoms with Crippen LogP contribution in [0.3, 0.4) is 0 Å². The van der Waals surface area contributed by atoms with Crippen LogP contribution in [0.15, 0.2) is 55.1 Å². The van der Waals surface area contributed by atoms with Crippen LogP contribution in [0.2, 0.25) is 0 Å². The molecule has 0 heterocycles. The molecule has 0 aliphatic carbocycles. The second-order valence-electron chi connectivity index (χ2n) is 3.70. The first-order chi connectivity index (χ1) is 7.29. The van der Waals surface area contributed by atoms with Crippen molar-refractivity contribution in [2.75, 3.05) is 0 Å². The minimum atomic E-state index is 1.16. The van der Waals surface area contributed by atoms with E-state index in [0.717, 1.165) is 5.56 Å². The minimum Gasteiger partial charge on any atom is -0.0985 e. The van der Waals surface area contributed by atoms with Gasteiger partial charge in [0.25, 0.3) is 0 Å². The van der Waals surface area contributed by atoms with Crippen molar-refractivity contribution in [1.82, 2.24) is 0 Å². The number of aryl methyl sites for hydroxylation is 1. The molecule has 0 unspecified atom stereocenters. The summed E-state index contributed by atoms with van der Waals surface area (Å²) in [5.41, 5.74) is 4.96. The van der Waals surface area contributed by atoms with E-state index in [-0.39, 0.29) is 0 Å². The lowest BCUT2D eigenvalue weighted by atomic mass is 10.0. The zero-order chi connectivity index (χ0) is 10.7. The van der Waals surface area contributed by atoms with Crippen molar-refractivity contribution in [3.05, 3.63) is 66.2 Å². The van der Waals surface area contributed by atoms with Gasteiger partial charge in [-0.15, -0.1) is 0 Å². The number of hydrogen-bond acceptors (Lipinski definition) is 0. The first-order valence-electron chi connectivity index (χ1n) is 5.09. The lowest BCUT2D eigenvalue weighted by Gasteiger charge is -2.03. The van der Waals surface area contributed by atoms with E-state index in [9.17, 15) is 0 Å². The van der Waals surface area contributed by atoms with Crippen LogP contribution in [0.25, 0.3) is 17.2 Å². The quantitative estimate of drug-likeness (QED) is 0.668. The largest absolute Gasteiger partial charge is 0.0985 e. The summed E-state index contributed by atoms with van der Waals surface area (Å²) in [5.74, 6) is 0. The van der Waals surface area contributed by atoms with Crippen molar-refractivity contribution in [2.24, 2.45) is 0 Å². The zero-order valence-corrected chi connectivity index (χ0v) is 8.90.